The van der Waals surface area contributed by atoms with E-state index < -0.39 is 5.60 Å². The van der Waals surface area contributed by atoms with Crippen molar-refractivity contribution in [3.05, 3.63) is 71.3 Å². The summed E-state index contributed by atoms with van der Waals surface area (Å²) in [6.07, 6.45) is 0. The second-order valence-electron chi connectivity index (χ2n) is 8.67. The molecule has 0 radical (unpaired) electrons. The highest BCUT2D eigenvalue weighted by atomic mass is 127. The van der Waals surface area contributed by atoms with Crippen LogP contribution in [0, 0.1) is 0 Å². The van der Waals surface area contributed by atoms with Gasteiger partial charge in [0.15, 0.2) is 5.96 Å². The Kier molecular flexibility index (Phi) is 11.6. The van der Waals surface area contributed by atoms with Crippen LogP contribution in [0.3, 0.4) is 0 Å². The van der Waals surface area contributed by atoms with E-state index in [4.69, 9.17) is 4.99 Å². The second-order valence-corrected chi connectivity index (χ2v) is 8.67. The van der Waals surface area contributed by atoms with Crippen LogP contribution < -0.4 is 10.6 Å². The molecule has 2 aromatic carbocycles. The van der Waals surface area contributed by atoms with Gasteiger partial charge >= 0.3 is 0 Å². The van der Waals surface area contributed by atoms with Gasteiger partial charge in [0, 0.05) is 39.3 Å². The van der Waals surface area contributed by atoms with Crippen LogP contribution in [0.4, 0.5) is 0 Å². The molecule has 0 aliphatic carbocycles. The number of hydrogen-bond acceptors (Lipinski definition) is 4. The van der Waals surface area contributed by atoms with E-state index in [2.05, 4.69) is 58.5 Å². The van der Waals surface area contributed by atoms with Gasteiger partial charge in [0.25, 0.3) is 0 Å². The Balaban J connectivity index is 0.00000385. The molecule has 1 aliphatic rings. The van der Waals surface area contributed by atoms with Crippen molar-refractivity contribution < 1.29 is 5.11 Å². The molecule has 7 heteroatoms. The third-order valence-electron chi connectivity index (χ3n) is 6.17. The molecule has 1 saturated heterocycles. The normalized spacial score (nSPS) is 17.2. The van der Waals surface area contributed by atoms with Gasteiger partial charge in [-0.05, 0) is 37.1 Å². The topological polar surface area (TPSA) is 63.1 Å². The van der Waals surface area contributed by atoms with Crippen molar-refractivity contribution in [1.29, 1.82) is 0 Å². The van der Waals surface area contributed by atoms with E-state index in [1.54, 1.807) is 0 Å². The predicted molar refractivity (Wildman–Crippen MR) is 148 cm³/mol. The van der Waals surface area contributed by atoms with E-state index in [9.17, 15) is 5.11 Å². The number of piperazine rings is 1. The Hall–Kier alpha value is -1.68. The van der Waals surface area contributed by atoms with Crippen molar-refractivity contribution >= 4 is 29.9 Å². The third-order valence-corrected chi connectivity index (χ3v) is 6.17. The summed E-state index contributed by atoms with van der Waals surface area (Å²) in [6.45, 7) is 14.5. The molecule has 1 heterocycles. The lowest BCUT2D eigenvalue weighted by atomic mass is 9.96. The number of likely N-dealkylation sites (N-methyl/N-ethyl adjacent to an activating group) is 1. The summed E-state index contributed by atoms with van der Waals surface area (Å²) in [7, 11) is 0. The van der Waals surface area contributed by atoms with Crippen molar-refractivity contribution in [2.24, 2.45) is 4.99 Å². The quantitative estimate of drug-likeness (QED) is 0.247. The first kappa shape index (κ1) is 27.6. The average molecular weight is 566 g/mol. The van der Waals surface area contributed by atoms with E-state index in [1.165, 1.54) is 11.1 Å². The Morgan fingerprint density at radius 1 is 0.909 bits per heavy atom. The van der Waals surface area contributed by atoms with Crippen LogP contribution in [0.1, 0.15) is 37.5 Å². The third kappa shape index (κ3) is 8.55. The van der Waals surface area contributed by atoms with Gasteiger partial charge < -0.3 is 20.6 Å². The number of aliphatic imine (C=N–C) groups is 1. The van der Waals surface area contributed by atoms with Crippen LogP contribution >= 0.6 is 24.0 Å². The number of halogens is 1. The number of rotatable bonds is 9. The van der Waals surface area contributed by atoms with E-state index in [1.807, 2.05) is 37.3 Å². The second kappa shape index (κ2) is 13.9. The zero-order valence-electron chi connectivity index (χ0n) is 20.3. The first-order valence-electron chi connectivity index (χ1n) is 11.8. The molecule has 182 valence electrons. The lowest BCUT2D eigenvalue weighted by molar-refractivity contribution is 0.0617. The van der Waals surface area contributed by atoms with E-state index in [0.29, 0.717) is 13.1 Å². The van der Waals surface area contributed by atoms with Gasteiger partial charge in [0.1, 0.15) is 5.60 Å². The van der Waals surface area contributed by atoms with Gasteiger partial charge in [-0.1, -0.05) is 61.5 Å². The number of hydrogen-bond donors (Lipinski definition) is 3. The van der Waals surface area contributed by atoms with E-state index in [-0.39, 0.29) is 24.0 Å². The van der Waals surface area contributed by atoms with Crippen molar-refractivity contribution in [2.45, 2.75) is 39.5 Å². The largest absolute Gasteiger partial charge is 0.384 e. The number of nitrogens with one attached hydrogen (secondary N) is 2. The monoisotopic (exact) mass is 565 g/mol. The van der Waals surface area contributed by atoms with Gasteiger partial charge in [-0.2, -0.15) is 0 Å². The highest BCUT2D eigenvalue weighted by molar-refractivity contribution is 14.0. The van der Waals surface area contributed by atoms with Crippen LogP contribution in [-0.4, -0.2) is 66.7 Å². The summed E-state index contributed by atoms with van der Waals surface area (Å²) in [4.78, 5) is 9.86. The molecule has 1 fully saturated rings. The van der Waals surface area contributed by atoms with Gasteiger partial charge in [0.2, 0.25) is 0 Å². The number of guanidine groups is 1. The lowest BCUT2D eigenvalue weighted by Gasteiger charge is -2.34. The fourth-order valence-corrected chi connectivity index (χ4v) is 4.03. The summed E-state index contributed by atoms with van der Waals surface area (Å²) in [5.74, 6) is 0.718. The van der Waals surface area contributed by atoms with Gasteiger partial charge in [-0.15, -0.1) is 24.0 Å². The minimum atomic E-state index is -0.976. The summed E-state index contributed by atoms with van der Waals surface area (Å²) in [6, 6.07) is 18.3. The Labute approximate surface area is 216 Å². The smallest absolute Gasteiger partial charge is 0.191 e. The molecule has 1 atom stereocenters. The maximum Gasteiger partial charge on any atom is 0.191 e. The van der Waals surface area contributed by atoms with E-state index >= 15 is 0 Å². The van der Waals surface area contributed by atoms with Crippen molar-refractivity contribution in [3.63, 3.8) is 0 Å². The van der Waals surface area contributed by atoms with Gasteiger partial charge in [-0.3, -0.25) is 4.90 Å². The van der Waals surface area contributed by atoms with Crippen molar-refractivity contribution in [1.82, 2.24) is 20.4 Å². The molecule has 0 spiro atoms. The molecule has 3 N–H and O–H groups in total. The molecular weight excluding hydrogens is 525 g/mol. The highest BCUT2D eigenvalue weighted by Gasteiger charge is 2.23. The number of nitrogens with zero attached hydrogens (tertiary/aromatic N) is 3. The predicted octanol–water partition coefficient (Wildman–Crippen LogP) is 3.40. The van der Waals surface area contributed by atoms with Gasteiger partial charge in [-0.25, -0.2) is 4.99 Å². The molecular formula is C26H40IN5O. The molecule has 33 heavy (non-hydrogen) atoms. The first-order chi connectivity index (χ1) is 15.5. The molecule has 0 amide bonds. The van der Waals surface area contributed by atoms with Crippen LogP contribution in [0.25, 0.3) is 0 Å². The van der Waals surface area contributed by atoms with Crippen LogP contribution in [-0.2, 0) is 18.7 Å². The molecule has 2 aromatic rings. The molecule has 0 aromatic heterocycles. The lowest BCUT2D eigenvalue weighted by Crippen LogP contribution is -2.45. The summed E-state index contributed by atoms with van der Waals surface area (Å²) >= 11 is 0. The van der Waals surface area contributed by atoms with Crippen LogP contribution in [0.5, 0.6) is 0 Å². The molecule has 6 nitrogen and oxygen atoms in total. The molecule has 0 saturated carbocycles. The zero-order chi connectivity index (χ0) is 22.8. The summed E-state index contributed by atoms with van der Waals surface area (Å²) in [5.41, 5.74) is 2.50. The zero-order valence-corrected chi connectivity index (χ0v) is 22.6. The van der Waals surface area contributed by atoms with Crippen LogP contribution in [0.2, 0.25) is 0 Å². The highest BCUT2D eigenvalue weighted by Crippen LogP contribution is 2.19. The number of aliphatic hydroxyl groups is 1. The summed E-state index contributed by atoms with van der Waals surface area (Å²) in [5, 5.41) is 17.5. The summed E-state index contributed by atoms with van der Waals surface area (Å²) < 4.78 is 0. The molecule has 0 bridgehead atoms. The standard InChI is InChI=1S/C26H39N5O.HI/c1-4-27-25(29-21-26(3,32)24-13-7-6-8-14-24)28-19-22-11-9-10-12-23(22)20-31-17-15-30(5-2)16-18-31;/h6-14,32H,4-5,15-21H2,1-3H3,(H2,27,28,29);1H. The Morgan fingerprint density at radius 3 is 2.15 bits per heavy atom. The molecule has 1 unspecified atom stereocenters. The van der Waals surface area contributed by atoms with Gasteiger partial charge in [0.05, 0.1) is 13.1 Å². The van der Waals surface area contributed by atoms with Crippen molar-refractivity contribution in [2.75, 3.05) is 45.8 Å². The van der Waals surface area contributed by atoms with Crippen LogP contribution in [0.15, 0.2) is 59.6 Å². The average Bonchev–Trinajstić information content (AvgIpc) is 2.83. The Morgan fingerprint density at radius 2 is 1.52 bits per heavy atom. The maximum absolute atomic E-state index is 10.9. The minimum Gasteiger partial charge on any atom is -0.384 e. The number of benzene rings is 2. The SMILES string of the molecule is CCNC(=NCc1ccccc1CN1CCN(CC)CC1)NCC(C)(O)c1ccccc1.I. The molecule has 3 rings (SSSR count). The van der Waals surface area contributed by atoms with Crippen molar-refractivity contribution in [3.8, 4) is 0 Å². The molecule has 1 aliphatic heterocycles. The fourth-order valence-electron chi connectivity index (χ4n) is 4.03. The fraction of sp³-hybridized carbons (Fsp3) is 0.500. The maximum atomic E-state index is 10.9. The first-order valence-corrected chi connectivity index (χ1v) is 11.8. The minimum absolute atomic E-state index is 0. The Bertz CT molecular complexity index is 851. The van der Waals surface area contributed by atoms with E-state index in [0.717, 1.165) is 57.3 Å².